The Hall–Kier alpha value is -3.16. The molecular formula is C25H20BrClN2O4. The van der Waals surface area contributed by atoms with Crippen LogP contribution in [0.3, 0.4) is 0 Å². The van der Waals surface area contributed by atoms with Crippen molar-refractivity contribution in [1.29, 1.82) is 0 Å². The molecule has 33 heavy (non-hydrogen) atoms. The predicted octanol–water partition coefficient (Wildman–Crippen LogP) is 5.52. The lowest BCUT2D eigenvalue weighted by atomic mass is 9.95. The van der Waals surface area contributed by atoms with E-state index in [1.165, 1.54) is 11.0 Å². The van der Waals surface area contributed by atoms with Crippen LogP contribution in [0.1, 0.15) is 29.7 Å². The number of benzene rings is 2. The highest BCUT2D eigenvalue weighted by molar-refractivity contribution is 9.10. The fourth-order valence-corrected chi connectivity index (χ4v) is 4.30. The third-order valence-corrected chi connectivity index (χ3v) is 6.13. The summed E-state index contributed by atoms with van der Waals surface area (Å²) in [7, 11) is 0. The van der Waals surface area contributed by atoms with Gasteiger partial charge in [0.2, 0.25) is 0 Å². The predicted molar refractivity (Wildman–Crippen MR) is 129 cm³/mol. The maximum absolute atomic E-state index is 13.1. The van der Waals surface area contributed by atoms with Gasteiger partial charge in [0.15, 0.2) is 0 Å². The molecule has 168 valence electrons. The van der Waals surface area contributed by atoms with E-state index >= 15 is 0 Å². The number of carbonyl (C=O) groups is 2. The summed E-state index contributed by atoms with van der Waals surface area (Å²) in [5.41, 5.74) is 1.79. The standard InChI is InChI=1S/C25H20BrClN2O4/c1-2-33-20-10-7-17(12-19(20)27)23(30)21-22(16-5-8-18(26)9-6-16)29(25(32)24(21)31)14-15-4-3-11-28-13-15/h3-13,22,30H,2,14H2,1H3/b23-21+. The van der Waals surface area contributed by atoms with E-state index in [0.29, 0.717) is 28.5 Å². The van der Waals surface area contributed by atoms with Gasteiger partial charge < -0.3 is 14.7 Å². The van der Waals surface area contributed by atoms with E-state index < -0.39 is 17.7 Å². The Morgan fingerprint density at radius 2 is 1.94 bits per heavy atom. The number of carbonyl (C=O) groups excluding carboxylic acids is 2. The zero-order valence-corrected chi connectivity index (χ0v) is 20.0. The van der Waals surface area contributed by atoms with E-state index in [9.17, 15) is 14.7 Å². The van der Waals surface area contributed by atoms with Crippen molar-refractivity contribution in [3.05, 3.63) is 98.7 Å². The minimum absolute atomic E-state index is 0.00596. The smallest absolute Gasteiger partial charge is 0.295 e. The number of likely N-dealkylation sites (tertiary alicyclic amines) is 1. The topological polar surface area (TPSA) is 79.7 Å². The minimum atomic E-state index is -0.774. The normalized spacial score (nSPS) is 17.4. The monoisotopic (exact) mass is 526 g/mol. The molecule has 2 aromatic carbocycles. The molecule has 1 N–H and O–H groups in total. The maximum atomic E-state index is 13.1. The molecule has 1 aliphatic heterocycles. The first kappa shape index (κ1) is 23.0. The van der Waals surface area contributed by atoms with Crippen LogP contribution in [-0.4, -0.2) is 33.3 Å². The van der Waals surface area contributed by atoms with Crippen molar-refractivity contribution in [3.63, 3.8) is 0 Å². The summed E-state index contributed by atoms with van der Waals surface area (Å²) in [6.45, 7) is 2.44. The second-order valence-electron chi connectivity index (χ2n) is 7.42. The number of rotatable bonds is 6. The van der Waals surface area contributed by atoms with E-state index in [1.807, 2.05) is 37.3 Å². The van der Waals surface area contributed by atoms with Gasteiger partial charge in [-0.25, -0.2) is 0 Å². The molecule has 3 aromatic rings. The summed E-state index contributed by atoms with van der Waals surface area (Å²) in [5.74, 6) is -1.27. The highest BCUT2D eigenvalue weighted by atomic mass is 79.9. The van der Waals surface area contributed by atoms with Crippen LogP contribution in [0.4, 0.5) is 0 Å². The van der Waals surface area contributed by atoms with Gasteiger partial charge in [-0.1, -0.05) is 45.7 Å². The third-order valence-electron chi connectivity index (χ3n) is 5.31. The zero-order chi connectivity index (χ0) is 23.5. The lowest BCUT2D eigenvalue weighted by Crippen LogP contribution is -2.29. The molecule has 0 bridgehead atoms. The molecule has 8 heteroatoms. The van der Waals surface area contributed by atoms with Gasteiger partial charge in [-0.2, -0.15) is 0 Å². The number of Topliss-reactive ketones (excluding diaryl/α,β-unsaturated/α-hetero) is 1. The number of aliphatic hydroxyl groups is 1. The number of pyridine rings is 1. The summed E-state index contributed by atoms with van der Waals surface area (Å²) in [5, 5.41) is 11.5. The van der Waals surface area contributed by atoms with Crippen molar-refractivity contribution < 1.29 is 19.4 Å². The number of hydrogen-bond acceptors (Lipinski definition) is 5. The summed E-state index contributed by atoms with van der Waals surface area (Å²) in [6.07, 6.45) is 3.28. The van der Waals surface area contributed by atoms with E-state index in [0.717, 1.165) is 10.0 Å². The quantitative estimate of drug-likeness (QED) is 0.259. The van der Waals surface area contributed by atoms with Gasteiger partial charge in [0.05, 0.1) is 23.2 Å². The molecule has 1 atom stereocenters. The van der Waals surface area contributed by atoms with Gasteiger partial charge in [-0.15, -0.1) is 0 Å². The maximum Gasteiger partial charge on any atom is 0.295 e. The van der Waals surface area contributed by atoms with E-state index in [4.69, 9.17) is 16.3 Å². The Balaban J connectivity index is 1.84. The second-order valence-corrected chi connectivity index (χ2v) is 8.74. The highest BCUT2D eigenvalue weighted by Crippen LogP contribution is 2.41. The first-order chi connectivity index (χ1) is 15.9. The fraction of sp³-hybridized carbons (Fsp3) is 0.160. The van der Waals surface area contributed by atoms with Crippen molar-refractivity contribution in [2.45, 2.75) is 19.5 Å². The Bertz CT molecular complexity index is 1230. The molecule has 1 amide bonds. The summed E-state index contributed by atoms with van der Waals surface area (Å²) < 4.78 is 6.31. The average Bonchev–Trinajstić information content (AvgIpc) is 3.06. The van der Waals surface area contributed by atoms with Crippen molar-refractivity contribution in [3.8, 4) is 5.75 Å². The number of aliphatic hydroxyl groups excluding tert-OH is 1. The van der Waals surface area contributed by atoms with Gasteiger partial charge >= 0.3 is 0 Å². The minimum Gasteiger partial charge on any atom is -0.507 e. The molecule has 0 radical (unpaired) electrons. The zero-order valence-electron chi connectivity index (χ0n) is 17.7. The van der Waals surface area contributed by atoms with Crippen molar-refractivity contribution in [1.82, 2.24) is 9.88 Å². The molecule has 1 fully saturated rings. The third kappa shape index (κ3) is 4.65. The van der Waals surface area contributed by atoms with Crippen LogP contribution in [0, 0.1) is 0 Å². The Labute approximate surface area is 204 Å². The molecule has 1 saturated heterocycles. The van der Waals surface area contributed by atoms with E-state index in [-0.39, 0.29) is 17.9 Å². The lowest BCUT2D eigenvalue weighted by Gasteiger charge is -2.25. The summed E-state index contributed by atoms with van der Waals surface area (Å²) >= 11 is 9.71. The Morgan fingerprint density at radius 3 is 2.58 bits per heavy atom. The number of amides is 1. The van der Waals surface area contributed by atoms with Crippen LogP contribution in [-0.2, 0) is 16.1 Å². The number of ether oxygens (including phenoxy) is 1. The Morgan fingerprint density at radius 1 is 1.18 bits per heavy atom. The van der Waals surface area contributed by atoms with Crippen molar-refractivity contribution >= 4 is 45.0 Å². The fourth-order valence-electron chi connectivity index (χ4n) is 3.80. The van der Waals surface area contributed by atoms with E-state index in [1.54, 1.807) is 30.6 Å². The first-order valence-corrected chi connectivity index (χ1v) is 11.4. The second kappa shape index (κ2) is 9.77. The molecule has 0 saturated carbocycles. The number of aromatic nitrogens is 1. The molecule has 1 unspecified atom stereocenters. The molecule has 0 spiro atoms. The number of nitrogens with zero attached hydrogens (tertiary/aromatic N) is 2. The molecule has 1 aromatic heterocycles. The summed E-state index contributed by atoms with van der Waals surface area (Å²) in [6, 6.07) is 14.9. The van der Waals surface area contributed by atoms with Crippen molar-refractivity contribution in [2.24, 2.45) is 0 Å². The molecule has 4 rings (SSSR count). The molecule has 1 aliphatic rings. The molecule has 6 nitrogen and oxygen atoms in total. The SMILES string of the molecule is CCOc1ccc(/C(O)=C2\C(=O)C(=O)N(Cc3cccnc3)C2c2ccc(Br)cc2)cc1Cl. The van der Waals surface area contributed by atoms with Crippen LogP contribution in [0.2, 0.25) is 5.02 Å². The number of ketones is 1. The van der Waals surface area contributed by atoms with Crippen molar-refractivity contribution in [2.75, 3.05) is 6.61 Å². The summed E-state index contributed by atoms with van der Waals surface area (Å²) in [4.78, 5) is 31.7. The number of hydrogen-bond donors (Lipinski definition) is 1. The molecular weight excluding hydrogens is 508 g/mol. The van der Waals surface area contributed by atoms with Crippen LogP contribution < -0.4 is 4.74 Å². The van der Waals surface area contributed by atoms with Crippen LogP contribution in [0.15, 0.2) is 77.0 Å². The van der Waals surface area contributed by atoms with Crippen LogP contribution >= 0.6 is 27.5 Å². The van der Waals surface area contributed by atoms with Crippen LogP contribution in [0.5, 0.6) is 5.75 Å². The van der Waals surface area contributed by atoms with Crippen LogP contribution in [0.25, 0.3) is 5.76 Å². The average molecular weight is 528 g/mol. The molecule has 0 aliphatic carbocycles. The molecule has 2 heterocycles. The first-order valence-electron chi connectivity index (χ1n) is 10.3. The van der Waals surface area contributed by atoms with Gasteiger partial charge in [-0.3, -0.25) is 14.6 Å². The highest BCUT2D eigenvalue weighted by Gasteiger charge is 2.46. The number of halogens is 2. The van der Waals surface area contributed by atoms with Gasteiger partial charge in [-0.05, 0) is 54.4 Å². The van der Waals surface area contributed by atoms with Gasteiger partial charge in [0.1, 0.15) is 11.5 Å². The lowest BCUT2D eigenvalue weighted by molar-refractivity contribution is -0.140. The van der Waals surface area contributed by atoms with E-state index in [2.05, 4.69) is 20.9 Å². The largest absolute Gasteiger partial charge is 0.507 e. The Kier molecular flexibility index (Phi) is 6.81. The van der Waals surface area contributed by atoms with Gasteiger partial charge in [0, 0.05) is 29.0 Å². The van der Waals surface area contributed by atoms with Gasteiger partial charge in [0.25, 0.3) is 11.7 Å².